The van der Waals surface area contributed by atoms with E-state index >= 15 is 0 Å². The highest BCUT2D eigenvalue weighted by atomic mass is 127. The van der Waals surface area contributed by atoms with Crippen molar-refractivity contribution in [3.8, 4) is 0 Å². The van der Waals surface area contributed by atoms with E-state index in [2.05, 4.69) is 49.6 Å². The Balaban J connectivity index is 0.00000420. The van der Waals surface area contributed by atoms with Crippen molar-refractivity contribution in [2.24, 2.45) is 4.99 Å². The number of halogens is 2. The van der Waals surface area contributed by atoms with Crippen LogP contribution >= 0.6 is 39.9 Å². The SMILES string of the molecule is Cc1cc(C)n(CCCNC(=NCc2ccc(Br)cc2)NCC(=O)N(C)C)n1.I. The molecule has 0 aliphatic heterocycles. The van der Waals surface area contributed by atoms with Crippen LogP contribution in [0.2, 0.25) is 0 Å². The number of nitrogens with one attached hydrogen (secondary N) is 2. The van der Waals surface area contributed by atoms with Crippen molar-refractivity contribution in [2.45, 2.75) is 33.4 Å². The standard InChI is InChI=1S/C20H29BrN6O.HI/c1-15-12-16(2)27(25-15)11-5-10-22-20(24-14-19(28)26(3)4)23-13-17-6-8-18(21)9-7-17;/h6-9,12H,5,10-11,13-14H2,1-4H3,(H2,22,23,24);1H. The Morgan fingerprint density at radius 1 is 1.21 bits per heavy atom. The van der Waals surface area contributed by atoms with Crippen LogP contribution in [-0.4, -0.2) is 53.7 Å². The Labute approximate surface area is 198 Å². The molecule has 9 heteroatoms. The Bertz CT molecular complexity index is 804. The molecule has 0 spiro atoms. The summed E-state index contributed by atoms with van der Waals surface area (Å²) < 4.78 is 3.05. The number of hydrogen-bond donors (Lipinski definition) is 2. The number of likely N-dealkylation sites (N-methyl/N-ethyl adjacent to an activating group) is 1. The van der Waals surface area contributed by atoms with Crippen molar-refractivity contribution in [2.75, 3.05) is 27.2 Å². The fraction of sp³-hybridized carbons (Fsp3) is 0.450. The Kier molecular flexibility index (Phi) is 11.3. The van der Waals surface area contributed by atoms with Gasteiger partial charge in [0.25, 0.3) is 0 Å². The molecule has 0 fully saturated rings. The lowest BCUT2D eigenvalue weighted by Crippen LogP contribution is -2.43. The minimum atomic E-state index is 0. The molecule has 1 amide bonds. The highest BCUT2D eigenvalue weighted by molar-refractivity contribution is 14.0. The highest BCUT2D eigenvalue weighted by Crippen LogP contribution is 2.11. The van der Waals surface area contributed by atoms with Crippen molar-refractivity contribution in [3.05, 3.63) is 51.8 Å². The maximum absolute atomic E-state index is 11.9. The highest BCUT2D eigenvalue weighted by Gasteiger charge is 2.06. The molecular formula is C20H30BrIN6O. The van der Waals surface area contributed by atoms with Gasteiger partial charge in [-0.05, 0) is 44.0 Å². The molecule has 0 unspecified atom stereocenters. The number of aliphatic imine (C=N–C) groups is 1. The van der Waals surface area contributed by atoms with Crippen LogP contribution in [0.4, 0.5) is 0 Å². The summed E-state index contributed by atoms with van der Waals surface area (Å²) in [6, 6.07) is 10.1. The summed E-state index contributed by atoms with van der Waals surface area (Å²) in [6.45, 7) is 6.38. The van der Waals surface area contributed by atoms with Crippen molar-refractivity contribution < 1.29 is 4.79 Å². The third-order valence-corrected chi connectivity index (χ3v) is 4.71. The monoisotopic (exact) mass is 576 g/mol. The molecule has 1 heterocycles. The summed E-state index contributed by atoms with van der Waals surface area (Å²) >= 11 is 3.44. The normalized spacial score (nSPS) is 11.0. The lowest BCUT2D eigenvalue weighted by atomic mass is 10.2. The zero-order valence-corrected chi connectivity index (χ0v) is 21.3. The fourth-order valence-corrected chi connectivity index (χ4v) is 2.85. The largest absolute Gasteiger partial charge is 0.356 e. The van der Waals surface area contributed by atoms with Crippen molar-refractivity contribution in [1.29, 1.82) is 0 Å². The van der Waals surface area contributed by atoms with Gasteiger partial charge in [0.2, 0.25) is 5.91 Å². The van der Waals surface area contributed by atoms with Crippen LogP contribution in [0.25, 0.3) is 0 Å². The average Bonchev–Trinajstić information content (AvgIpc) is 2.98. The van der Waals surface area contributed by atoms with Gasteiger partial charge in [-0.15, -0.1) is 24.0 Å². The summed E-state index contributed by atoms with van der Waals surface area (Å²) in [5.41, 5.74) is 3.30. The molecule has 0 aliphatic carbocycles. The fourth-order valence-electron chi connectivity index (χ4n) is 2.59. The zero-order chi connectivity index (χ0) is 20.5. The van der Waals surface area contributed by atoms with Crippen molar-refractivity contribution in [1.82, 2.24) is 25.3 Å². The second-order valence-corrected chi connectivity index (χ2v) is 7.78. The second kappa shape index (κ2) is 12.8. The van der Waals surface area contributed by atoms with Gasteiger partial charge >= 0.3 is 0 Å². The van der Waals surface area contributed by atoms with E-state index in [9.17, 15) is 4.79 Å². The van der Waals surface area contributed by atoms with E-state index in [-0.39, 0.29) is 36.4 Å². The molecule has 1 aromatic carbocycles. The number of benzene rings is 1. The average molecular weight is 577 g/mol. The van der Waals surface area contributed by atoms with Crippen LogP contribution in [-0.2, 0) is 17.9 Å². The van der Waals surface area contributed by atoms with E-state index in [0.717, 1.165) is 40.9 Å². The first-order valence-electron chi connectivity index (χ1n) is 9.33. The molecule has 2 aromatic rings. The van der Waals surface area contributed by atoms with E-state index in [1.807, 2.05) is 35.9 Å². The van der Waals surface area contributed by atoms with Gasteiger partial charge in [0.15, 0.2) is 5.96 Å². The van der Waals surface area contributed by atoms with E-state index in [0.29, 0.717) is 12.5 Å². The number of carbonyl (C=O) groups excluding carboxylic acids is 1. The maximum Gasteiger partial charge on any atom is 0.241 e. The molecule has 0 radical (unpaired) electrons. The minimum Gasteiger partial charge on any atom is -0.356 e. The van der Waals surface area contributed by atoms with Gasteiger partial charge in [-0.25, -0.2) is 4.99 Å². The van der Waals surface area contributed by atoms with Gasteiger partial charge in [-0.2, -0.15) is 5.10 Å². The first-order valence-corrected chi connectivity index (χ1v) is 10.1. The van der Waals surface area contributed by atoms with Crippen LogP contribution in [0, 0.1) is 13.8 Å². The summed E-state index contributed by atoms with van der Waals surface area (Å²) in [6.07, 6.45) is 0.905. The number of hydrogen-bond acceptors (Lipinski definition) is 3. The van der Waals surface area contributed by atoms with Gasteiger partial charge in [0.1, 0.15) is 0 Å². The van der Waals surface area contributed by atoms with Crippen LogP contribution in [0.1, 0.15) is 23.4 Å². The van der Waals surface area contributed by atoms with E-state index in [4.69, 9.17) is 0 Å². The number of aromatic nitrogens is 2. The van der Waals surface area contributed by atoms with Crippen LogP contribution in [0.3, 0.4) is 0 Å². The van der Waals surface area contributed by atoms with Crippen molar-refractivity contribution in [3.63, 3.8) is 0 Å². The molecule has 29 heavy (non-hydrogen) atoms. The predicted molar refractivity (Wildman–Crippen MR) is 132 cm³/mol. The topological polar surface area (TPSA) is 74.6 Å². The molecule has 0 aliphatic rings. The molecular weight excluding hydrogens is 547 g/mol. The number of nitrogens with zero attached hydrogens (tertiary/aromatic N) is 4. The Morgan fingerprint density at radius 2 is 1.90 bits per heavy atom. The molecule has 7 nitrogen and oxygen atoms in total. The zero-order valence-electron chi connectivity index (χ0n) is 17.4. The maximum atomic E-state index is 11.9. The first kappa shape index (κ1) is 25.4. The molecule has 1 aromatic heterocycles. The third kappa shape index (κ3) is 9.16. The van der Waals surface area contributed by atoms with E-state index in [1.54, 1.807) is 19.0 Å². The van der Waals surface area contributed by atoms with Gasteiger partial charge in [-0.1, -0.05) is 28.1 Å². The number of amides is 1. The van der Waals surface area contributed by atoms with Crippen LogP contribution < -0.4 is 10.6 Å². The molecule has 160 valence electrons. The van der Waals surface area contributed by atoms with Crippen molar-refractivity contribution >= 4 is 51.8 Å². The lowest BCUT2D eigenvalue weighted by Gasteiger charge is -2.15. The molecule has 0 atom stereocenters. The third-order valence-electron chi connectivity index (χ3n) is 4.18. The number of guanidine groups is 1. The quantitative estimate of drug-likeness (QED) is 0.219. The summed E-state index contributed by atoms with van der Waals surface area (Å²) in [4.78, 5) is 18.0. The van der Waals surface area contributed by atoms with Gasteiger partial charge < -0.3 is 15.5 Å². The Morgan fingerprint density at radius 3 is 2.48 bits per heavy atom. The lowest BCUT2D eigenvalue weighted by molar-refractivity contribution is -0.127. The van der Waals surface area contributed by atoms with Gasteiger partial charge in [0.05, 0.1) is 18.8 Å². The minimum absolute atomic E-state index is 0. The molecule has 0 saturated carbocycles. The van der Waals surface area contributed by atoms with Crippen LogP contribution in [0.5, 0.6) is 0 Å². The molecule has 2 N–H and O–H groups in total. The smallest absolute Gasteiger partial charge is 0.241 e. The predicted octanol–water partition coefficient (Wildman–Crippen LogP) is 3.09. The Hall–Kier alpha value is -1.62. The van der Waals surface area contributed by atoms with Crippen LogP contribution in [0.15, 0.2) is 39.8 Å². The second-order valence-electron chi connectivity index (χ2n) is 6.86. The molecule has 2 rings (SSSR count). The molecule has 0 bridgehead atoms. The van der Waals surface area contributed by atoms with Gasteiger partial charge in [-0.3, -0.25) is 9.48 Å². The van der Waals surface area contributed by atoms with E-state index < -0.39 is 0 Å². The molecule has 0 saturated heterocycles. The summed E-state index contributed by atoms with van der Waals surface area (Å²) in [5, 5.41) is 10.9. The number of rotatable bonds is 8. The number of carbonyl (C=O) groups is 1. The summed E-state index contributed by atoms with van der Waals surface area (Å²) in [5.74, 6) is 0.632. The number of aryl methyl sites for hydroxylation is 3. The first-order chi connectivity index (χ1) is 13.3. The van der Waals surface area contributed by atoms with Gasteiger partial charge in [0, 0.05) is 37.4 Å². The van der Waals surface area contributed by atoms with E-state index in [1.165, 1.54) is 0 Å². The summed E-state index contributed by atoms with van der Waals surface area (Å²) in [7, 11) is 3.48.